The van der Waals surface area contributed by atoms with Crippen LogP contribution in [-0.2, 0) is 4.79 Å². The lowest BCUT2D eigenvalue weighted by Gasteiger charge is -2.24. The van der Waals surface area contributed by atoms with Gasteiger partial charge in [-0.3, -0.25) is 9.59 Å². The molecule has 3 aromatic rings. The third-order valence-corrected chi connectivity index (χ3v) is 6.44. The standard InChI is InChI=1S/C24H24ClN5O4/c1-14(31)29(8-3-5-15-4-2-6-16(10-15)23(26)34)12-17-11-19(21(33)20(17)32)30-9-7-18-22(25)27-13-28-24(18)30/h2,4,6-7,9-10,13,17,19-21,32-33H,8,11-12H2,1H3,(H2,26,34)/t17-,19-,20-,21+/m1/s1. The molecule has 2 amide bonds. The van der Waals surface area contributed by atoms with Gasteiger partial charge in [0.25, 0.3) is 0 Å². The van der Waals surface area contributed by atoms with Crippen LogP contribution in [0, 0.1) is 17.8 Å². The Balaban J connectivity index is 1.48. The van der Waals surface area contributed by atoms with E-state index in [1.165, 1.54) is 18.2 Å². The Labute approximate surface area is 201 Å². The molecule has 0 saturated heterocycles. The number of amides is 2. The normalized spacial score (nSPS) is 21.8. The largest absolute Gasteiger partial charge is 0.390 e. The molecule has 0 bridgehead atoms. The Kier molecular flexibility index (Phi) is 6.84. The summed E-state index contributed by atoms with van der Waals surface area (Å²) >= 11 is 6.14. The molecule has 9 nitrogen and oxygen atoms in total. The maximum Gasteiger partial charge on any atom is 0.248 e. The smallest absolute Gasteiger partial charge is 0.248 e. The maximum absolute atomic E-state index is 12.2. The second-order valence-electron chi connectivity index (χ2n) is 8.32. The van der Waals surface area contributed by atoms with Crippen molar-refractivity contribution in [1.29, 1.82) is 0 Å². The first-order chi connectivity index (χ1) is 16.3. The highest BCUT2D eigenvalue weighted by Crippen LogP contribution is 2.38. The number of aromatic nitrogens is 3. The van der Waals surface area contributed by atoms with Crippen molar-refractivity contribution in [2.24, 2.45) is 11.7 Å². The van der Waals surface area contributed by atoms with Gasteiger partial charge in [-0.1, -0.05) is 29.5 Å². The summed E-state index contributed by atoms with van der Waals surface area (Å²) in [4.78, 5) is 33.3. The first-order valence-corrected chi connectivity index (χ1v) is 11.1. The molecule has 0 radical (unpaired) electrons. The predicted molar refractivity (Wildman–Crippen MR) is 126 cm³/mol. The monoisotopic (exact) mass is 481 g/mol. The second kappa shape index (κ2) is 9.81. The summed E-state index contributed by atoms with van der Waals surface area (Å²) in [6.07, 6.45) is 1.49. The molecular weight excluding hydrogens is 458 g/mol. The molecule has 1 fully saturated rings. The first kappa shape index (κ1) is 23.7. The number of nitrogens with zero attached hydrogens (tertiary/aromatic N) is 4. The summed E-state index contributed by atoms with van der Waals surface area (Å²) < 4.78 is 1.79. The number of primary amides is 1. The number of carbonyl (C=O) groups is 2. The highest BCUT2D eigenvalue weighted by Gasteiger charge is 2.43. The average Bonchev–Trinajstić information content (AvgIpc) is 3.35. The van der Waals surface area contributed by atoms with Crippen molar-refractivity contribution < 1.29 is 19.8 Å². The van der Waals surface area contributed by atoms with Gasteiger partial charge in [0.15, 0.2) is 0 Å². The minimum Gasteiger partial charge on any atom is -0.390 e. The van der Waals surface area contributed by atoms with Gasteiger partial charge in [0.2, 0.25) is 11.8 Å². The topological polar surface area (TPSA) is 135 Å². The number of carbonyl (C=O) groups excluding carboxylic acids is 2. The summed E-state index contributed by atoms with van der Waals surface area (Å²) in [5, 5.41) is 22.5. The zero-order valence-corrected chi connectivity index (χ0v) is 19.2. The van der Waals surface area contributed by atoms with Crippen LogP contribution in [0.4, 0.5) is 0 Å². The number of hydrogen-bond donors (Lipinski definition) is 3. The molecule has 10 heteroatoms. The molecule has 4 rings (SSSR count). The molecule has 0 aliphatic heterocycles. The van der Waals surface area contributed by atoms with Crippen LogP contribution in [0.1, 0.15) is 35.3 Å². The van der Waals surface area contributed by atoms with E-state index in [1.54, 1.807) is 41.1 Å². The second-order valence-corrected chi connectivity index (χ2v) is 8.67. The van der Waals surface area contributed by atoms with E-state index in [4.69, 9.17) is 17.3 Å². The van der Waals surface area contributed by atoms with E-state index < -0.39 is 24.2 Å². The summed E-state index contributed by atoms with van der Waals surface area (Å²) in [5.41, 5.74) is 6.84. The van der Waals surface area contributed by atoms with E-state index in [9.17, 15) is 19.8 Å². The van der Waals surface area contributed by atoms with Crippen LogP contribution in [0.25, 0.3) is 11.0 Å². The summed E-state index contributed by atoms with van der Waals surface area (Å²) in [5.74, 6) is 4.77. The zero-order chi connectivity index (χ0) is 24.4. The number of fused-ring (bicyclic) bond motifs is 1. The van der Waals surface area contributed by atoms with Crippen molar-refractivity contribution in [2.45, 2.75) is 31.6 Å². The highest BCUT2D eigenvalue weighted by atomic mass is 35.5. The molecular formula is C24H24ClN5O4. The Bertz CT molecular complexity index is 1300. The quantitative estimate of drug-likeness (QED) is 0.372. The lowest BCUT2D eigenvalue weighted by Crippen LogP contribution is -2.38. The highest BCUT2D eigenvalue weighted by molar-refractivity contribution is 6.33. The molecule has 2 aromatic heterocycles. The van der Waals surface area contributed by atoms with E-state index in [0.717, 1.165) is 0 Å². The molecule has 0 unspecified atom stereocenters. The van der Waals surface area contributed by atoms with E-state index in [0.29, 0.717) is 33.7 Å². The number of nitrogens with two attached hydrogens (primary N) is 1. The Morgan fingerprint density at radius 3 is 2.79 bits per heavy atom. The summed E-state index contributed by atoms with van der Waals surface area (Å²) in [7, 11) is 0. The van der Waals surface area contributed by atoms with Crippen LogP contribution in [0.5, 0.6) is 0 Å². The minimum absolute atomic E-state index is 0.134. The number of hydrogen-bond acceptors (Lipinski definition) is 6. The van der Waals surface area contributed by atoms with Gasteiger partial charge >= 0.3 is 0 Å². The molecule has 2 heterocycles. The predicted octanol–water partition coefficient (Wildman–Crippen LogP) is 1.37. The van der Waals surface area contributed by atoms with Gasteiger partial charge in [-0.25, -0.2) is 9.97 Å². The van der Waals surface area contributed by atoms with Crippen molar-refractivity contribution in [3.63, 3.8) is 0 Å². The molecule has 34 heavy (non-hydrogen) atoms. The molecule has 4 atom stereocenters. The molecule has 1 saturated carbocycles. The fraction of sp³-hybridized carbons (Fsp3) is 0.333. The summed E-state index contributed by atoms with van der Waals surface area (Å²) in [6.45, 7) is 1.80. The van der Waals surface area contributed by atoms with Crippen LogP contribution in [0.3, 0.4) is 0 Å². The fourth-order valence-corrected chi connectivity index (χ4v) is 4.53. The van der Waals surface area contributed by atoms with Gasteiger partial charge < -0.3 is 25.4 Å². The van der Waals surface area contributed by atoms with Crippen molar-refractivity contribution in [1.82, 2.24) is 19.4 Å². The third-order valence-electron chi connectivity index (χ3n) is 6.14. The molecule has 1 aliphatic carbocycles. The average molecular weight is 482 g/mol. The van der Waals surface area contributed by atoms with Crippen LogP contribution in [0.15, 0.2) is 42.9 Å². The number of benzene rings is 1. The molecule has 1 aromatic carbocycles. The van der Waals surface area contributed by atoms with Crippen LogP contribution in [-0.4, -0.2) is 66.8 Å². The Morgan fingerprint density at radius 1 is 1.26 bits per heavy atom. The Hall–Kier alpha value is -3.45. The van der Waals surface area contributed by atoms with Gasteiger partial charge in [-0.05, 0) is 30.7 Å². The van der Waals surface area contributed by atoms with Gasteiger partial charge in [0.05, 0.1) is 24.1 Å². The molecule has 176 valence electrons. The number of rotatable bonds is 5. The SMILES string of the molecule is CC(=O)N(CC#Cc1cccc(C(N)=O)c1)C[C@H]1C[C@@H](n2ccc3c(Cl)ncnc32)[C@H](O)[C@@H]1O. The molecule has 1 aliphatic rings. The third kappa shape index (κ3) is 4.75. The maximum atomic E-state index is 12.2. The summed E-state index contributed by atoms with van der Waals surface area (Å²) in [6, 6.07) is 7.97. The molecule has 0 spiro atoms. The first-order valence-electron chi connectivity index (χ1n) is 10.7. The van der Waals surface area contributed by atoms with Crippen LogP contribution in [0.2, 0.25) is 5.15 Å². The van der Waals surface area contributed by atoms with Gasteiger partial charge in [-0.2, -0.15) is 0 Å². The van der Waals surface area contributed by atoms with E-state index in [1.807, 2.05) is 0 Å². The Morgan fingerprint density at radius 2 is 2.06 bits per heavy atom. The number of halogens is 1. The van der Waals surface area contributed by atoms with Crippen molar-refractivity contribution in [2.75, 3.05) is 13.1 Å². The van der Waals surface area contributed by atoms with E-state index in [2.05, 4.69) is 21.8 Å². The molecule has 4 N–H and O–H groups in total. The van der Waals surface area contributed by atoms with Crippen LogP contribution < -0.4 is 5.73 Å². The van der Waals surface area contributed by atoms with Gasteiger partial charge in [-0.15, -0.1) is 0 Å². The van der Waals surface area contributed by atoms with Gasteiger partial charge in [0.1, 0.15) is 23.2 Å². The van der Waals surface area contributed by atoms with Crippen molar-refractivity contribution in [3.05, 3.63) is 59.1 Å². The van der Waals surface area contributed by atoms with Crippen molar-refractivity contribution in [3.8, 4) is 11.8 Å². The zero-order valence-electron chi connectivity index (χ0n) is 18.4. The van der Waals surface area contributed by atoms with E-state index >= 15 is 0 Å². The lowest BCUT2D eigenvalue weighted by atomic mass is 10.0. The number of aliphatic hydroxyl groups is 2. The minimum atomic E-state index is -1.04. The van der Waals surface area contributed by atoms with Gasteiger partial charge in [0, 0.05) is 36.7 Å². The van der Waals surface area contributed by atoms with Crippen molar-refractivity contribution >= 4 is 34.4 Å². The number of aliphatic hydroxyl groups excluding tert-OH is 2. The lowest BCUT2D eigenvalue weighted by molar-refractivity contribution is -0.129. The van der Waals surface area contributed by atoms with E-state index in [-0.39, 0.29) is 24.9 Å². The fourth-order valence-electron chi connectivity index (χ4n) is 4.34. The van der Waals surface area contributed by atoms with Crippen LogP contribution >= 0.6 is 11.6 Å².